The zero-order chi connectivity index (χ0) is 8.10. The summed E-state index contributed by atoms with van der Waals surface area (Å²) in [5.41, 5.74) is 0. The van der Waals surface area contributed by atoms with Gasteiger partial charge in [0, 0.05) is 23.9 Å². The lowest BCUT2D eigenvalue weighted by atomic mass is 10.4. The molecule has 1 aromatic rings. The summed E-state index contributed by atoms with van der Waals surface area (Å²) in [5, 5.41) is 0.984. The van der Waals surface area contributed by atoms with Crippen molar-refractivity contribution in [3.8, 4) is 0 Å². The van der Waals surface area contributed by atoms with Crippen molar-refractivity contribution in [2.75, 3.05) is 5.33 Å². The first kappa shape index (κ1) is 12.0. The molecule has 1 nitrogen and oxygen atoms in total. The molecule has 1 heterocycles. The van der Waals surface area contributed by atoms with E-state index in [4.69, 9.17) is 0 Å². The number of rotatable bonds is 3. The Bertz CT molecular complexity index is 213. The minimum atomic E-state index is -0.180. The Morgan fingerprint density at radius 2 is 1.92 bits per heavy atom. The van der Waals surface area contributed by atoms with Crippen LogP contribution in [0, 0.1) is 5.82 Å². The summed E-state index contributed by atoms with van der Waals surface area (Å²) in [6, 6.07) is 2.93. The van der Waals surface area contributed by atoms with E-state index < -0.39 is 0 Å². The van der Waals surface area contributed by atoms with E-state index in [1.54, 1.807) is 12.4 Å². The Balaban J connectivity index is 0.00000121. The second-order valence-electron chi connectivity index (χ2n) is 2.30. The lowest BCUT2D eigenvalue weighted by Gasteiger charge is -1.92. The van der Waals surface area contributed by atoms with Crippen molar-refractivity contribution in [3.63, 3.8) is 0 Å². The highest BCUT2D eigenvalue weighted by Crippen LogP contribution is 1.91. The quantitative estimate of drug-likeness (QED) is 0.493. The second kappa shape index (κ2) is 6.54. The predicted molar refractivity (Wildman–Crippen MR) is 45.0 cm³/mol. The first-order chi connectivity index (χ1) is 5.33. The Hall–Kier alpha value is 0.0400. The highest BCUT2D eigenvalue weighted by Gasteiger charge is 1.98. The van der Waals surface area contributed by atoms with Crippen molar-refractivity contribution in [1.82, 2.24) is 0 Å². The van der Waals surface area contributed by atoms with Crippen LogP contribution in [0.25, 0.3) is 0 Å². The molecule has 0 fully saturated rings. The van der Waals surface area contributed by atoms with Crippen molar-refractivity contribution in [2.24, 2.45) is 0 Å². The molecule has 0 aliphatic carbocycles. The predicted octanol–water partition coefficient (Wildman–Crippen LogP) is -1.10. The van der Waals surface area contributed by atoms with Gasteiger partial charge in [0.1, 0.15) is 12.4 Å². The van der Waals surface area contributed by atoms with Gasteiger partial charge in [0.2, 0.25) is 0 Å². The SMILES string of the molecule is Fc1cc[n+](CCCBr)cc1.[Br-]. The van der Waals surface area contributed by atoms with Gasteiger partial charge in [-0.15, -0.1) is 0 Å². The maximum Gasteiger partial charge on any atom is 0.171 e. The van der Waals surface area contributed by atoms with Gasteiger partial charge in [-0.25, -0.2) is 8.96 Å². The van der Waals surface area contributed by atoms with E-state index in [0.29, 0.717) is 0 Å². The average molecular weight is 299 g/mol. The molecule has 0 saturated carbocycles. The molecule has 0 spiro atoms. The summed E-state index contributed by atoms with van der Waals surface area (Å²) >= 11 is 3.33. The maximum absolute atomic E-state index is 12.4. The summed E-state index contributed by atoms with van der Waals surface area (Å²) < 4.78 is 14.3. The number of halogens is 3. The Labute approximate surface area is 90.5 Å². The van der Waals surface area contributed by atoms with Crippen LogP contribution in [0.2, 0.25) is 0 Å². The minimum absolute atomic E-state index is 0. The summed E-state index contributed by atoms with van der Waals surface area (Å²) in [6.07, 6.45) is 4.56. The summed E-state index contributed by atoms with van der Waals surface area (Å²) in [5.74, 6) is -0.180. The molecule has 68 valence electrons. The van der Waals surface area contributed by atoms with E-state index in [2.05, 4.69) is 15.9 Å². The first-order valence-electron chi connectivity index (χ1n) is 3.53. The Morgan fingerprint density at radius 1 is 1.33 bits per heavy atom. The lowest BCUT2D eigenvalue weighted by molar-refractivity contribution is -0.697. The lowest BCUT2D eigenvalue weighted by Crippen LogP contribution is -3.00. The second-order valence-corrected chi connectivity index (χ2v) is 3.09. The van der Waals surface area contributed by atoms with Crippen LogP contribution in [0.3, 0.4) is 0 Å². The van der Waals surface area contributed by atoms with Crippen molar-refractivity contribution >= 4 is 15.9 Å². The summed E-state index contributed by atoms with van der Waals surface area (Å²) in [6.45, 7) is 0.936. The van der Waals surface area contributed by atoms with Gasteiger partial charge in [0.25, 0.3) is 0 Å². The molecule has 1 rings (SSSR count). The Morgan fingerprint density at radius 3 is 2.42 bits per heavy atom. The number of hydrogen-bond acceptors (Lipinski definition) is 0. The van der Waals surface area contributed by atoms with Crippen LogP contribution in [-0.2, 0) is 6.54 Å². The molecule has 0 radical (unpaired) electrons. The van der Waals surface area contributed by atoms with Gasteiger partial charge in [-0.1, -0.05) is 15.9 Å². The third kappa shape index (κ3) is 4.16. The van der Waals surface area contributed by atoms with Gasteiger partial charge in [-0.2, -0.15) is 0 Å². The number of aryl methyl sites for hydroxylation is 1. The molecule has 1 aromatic heterocycles. The fourth-order valence-electron chi connectivity index (χ4n) is 0.831. The van der Waals surface area contributed by atoms with Crippen LogP contribution >= 0.6 is 15.9 Å². The number of hydrogen-bond donors (Lipinski definition) is 0. The van der Waals surface area contributed by atoms with Crippen LogP contribution in [0.15, 0.2) is 24.5 Å². The zero-order valence-corrected chi connectivity index (χ0v) is 9.68. The molecule has 0 aromatic carbocycles. The molecule has 0 saturated heterocycles. The normalized spacial score (nSPS) is 9.17. The van der Waals surface area contributed by atoms with Crippen LogP contribution in [-0.4, -0.2) is 5.33 Å². The van der Waals surface area contributed by atoms with Crippen LogP contribution in [0.1, 0.15) is 6.42 Å². The van der Waals surface area contributed by atoms with E-state index in [1.165, 1.54) is 12.1 Å². The molecule has 0 aliphatic rings. The van der Waals surface area contributed by atoms with Gasteiger partial charge >= 0.3 is 0 Å². The fraction of sp³-hybridized carbons (Fsp3) is 0.375. The summed E-state index contributed by atoms with van der Waals surface area (Å²) in [4.78, 5) is 0. The molecule has 12 heavy (non-hydrogen) atoms. The molecule has 0 N–H and O–H groups in total. The van der Waals surface area contributed by atoms with Crippen molar-refractivity contribution in [3.05, 3.63) is 30.3 Å². The number of pyridine rings is 1. The number of aromatic nitrogens is 1. The third-order valence-corrected chi connectivity index (χ3v) is 1.96. The van der Waals surface area contributed by atoms with Crippen LogP contribution in [0.5, 0.6) is 0 Å². The molecule has 0 unspecified atom stereocenters. The van der Waals surface area contributed by atoms with Crippen LogP contribution < -0.4 is 21.5 Å². The van der Waals surface area contributed by atoms with E-state index in [0.717, 1.165) is 18.3 Å². The maximum atomic E-state index is 12.4. The molecule has 4 heteroatoms. The van der Waals surface area contributed by atoms with Crippen molar-refractivity contribution in [1.29, 1.82) is 0 Å². The number of nitrogens with zero attached hydrogens (tertiary/aromatic N) is 1. The molecule has 0 atom stereocenters. The van der Waals surface area contributed by atoms with Gasteiger partial charge in [-0.3, -0.25) is 0 Å². The van der Waals surface area contributed by atoms with E-state index in [9.17, 15) is 4.39 Å². The molecule has 0 amide bonds. The van der Waals surface area contributed by atoms with E-state index >= 15 is 0 Å². The van der Waals surface area contributed by atoms with Crippen LogP contribution in [0.4, 0.5) is 4.39 Å². The smallest absolute Gasteiger partial charge is 0.171 e. The van der Waals surface area contributed by atoms with Gasteiger partial charge in [0.05, 0.1) is 0 Å². The van der Waals surface area contributed by atoms with Gasteiger partial charge in [-0.05, 0) is 0 Å². The van der Waals surface area contributed by atoms with E-state index in [-0.39, 0.29) is 22.8 Å². The van der Waals surface area contributed by atoms with Crippen molar-refractivity contribution < 1.29 is 25.9 Å². The standard InChI is InChI=1S/C8H10BrFN.BrH/c9-4-1-5-11-6-2-8(10)3-7-11;/h2-3,6-7H,1,4-5H2;1H/q+1;/p-1. The summed E-state index contributed by atoms with van der Waals surface area (Å²) in [7, 11) is 0. The fourth-order valence-corrected chi connectivity index (χ4v) is 1.08. The van der Waals surface area contributed by atoms with E-state index in [1.807, 2.05) is 4.57 Å². The molecular weight excluding hydrogens is 289 g/mol. The highest BCUT2D eigenvalue weighted by atomic mass is 79.9. The van der Waals surface area contributed by atoms with Gasteiger partial charge < -0.3 is 17.0 Å². The van der Waals surface area contributed by atoms with Crippen molar-refractivity contribution in [2.45, 2.75) is 13.0 Å². The minimum Gasteiger partial charge on any atom is -1.00 e. The largest absolute Gasteiger partial charge is 1.00 e. The third-order valence-electron chi connectivity index (χ3n) is 1.40. The molecular formula is C8H10Br2FN. The highest BCUT2D eigenvalue weighted by molar-refractivity contribution is 9.09. The van der Waals surface area contributed by atoms with Gasteiger partial charge in [0.15, 0.2) is 12.4 Å². The molecule has 0 bridgehead atoms. The topological polar surface area (TPSA) is 3.88 Å². The first-order valence-corrected chi connectivity index (χ1v) is 4.65. The Kier molecular flexibility index (Phi) is 6.57. The monoisotopic (exact) mass is 297 g/mol. The zero-order valence-electron chi connectivity index (χ0n) is 6.51. The number of alkyl halides is 1. The average Bonchev–Trinajstić information content (AvgIpc) is 2.04. The molecule has 0 aliphatic heterocycles.